The maximum atomic E-state index is 11.4. The average molecular weight is 309 g/mol. The molecule has 6 heteroatoms. The molecule has 1 fully saturated rings. The minimum atomic E-state index is -2.95. The summed E-state index contributed by atoms with van der Waals surface area (Å²) in [7, 11) is -2.95. The van der Waals surface area contributed by atoms with Crippen molar-refractivity contribution in [1.82, 2.24) is 5.32 Å². The van der Waals surface area contributed by atoms with Gasteiger partial charge in [0, 0.05) is 11.9 Å². The zero-order valence-electron chi connectivity index (χ0n) is 11.7. The molecule has 114 valence electrons. The molecule has 0 bridgehead atoms. The molecule has 2 N–H and O–H groups in total. The number of fused-ring (bicyclic) bond motifs is 1. The fourth-order valence-corrected chi connectivity index (χ4v) is 4.22. The Morgan fingerprint density at radius 3 is 2.67 bits per heavy atom. The first kappa shape index (κ1) is 14.6. The van der Waals surface area contributed by atoms with Crippen molar-refractivity contribution in [3.05, 3.63) is 36.1 Å². The number of sulfone groups is 1. The summed E-state index contributed by atoms with van der Waals surface area (Å²) in [6.07, 6.45) is 0.588. The molecule has 0 atom stereocenters. The van der Waals surface area contributed by atoms with Crippen LogP contribution in [-0.2, 0) is 16.4 Å². The van der Waals surface area contributed by atoms with Gasteiger partial charge in [-0.05, 0) is 25.0 Å². The van der Waals surface area contributed by atoms with Crippen molar-refractivity contribution in [2.75, 3.05) is 18.1 Å². The van der Waals surface area contributed by atoms with Gasteiger partial charge in [0.1, 0.15) is 11.3 Å². The Hall–Kier alpha value is -1.37. The molecular formula is C15H19NO4S. The predicted octanol–water partition coefficient (Wildman–Crippen LogP) is 1.46. The molecule has 0 radical (unpaired) electrons. The summed E-state index contributed by atoms with van der Waals surface area (Å²) in [5.41, 5.74) is -0.0890. The van der Waals surface area contributed by atoms with E-state index in [9.17, 15) is 13.5 Å². The van der Waals surface area contributed by atoms with Gasteiger partial charge in [-0.25, -0.2) is 8.42 Å². The Morgan fingerprint density at radius 1 is 1.24 bits per heavy atom. The predicted molar refractivity (Wildman–Crippen MR) is 80.8 cm³/mol. The van der Waals surface area contributed by atoms with Crippen molar-refractivity contribution in [3.63, 3.8) is 0 Å². The van der Waals surface area contributed by atoms with E-state index in [1.807, 2.05) is 30.3 Å². The van der Waals surface area contributed by atoms with Crippen LogP contribution in [0.2, 0.25) is 0 Å². The third-order valence-corrected chi connectivity index (χ3v) is 5.64. The van der Waals surface area contributed by atoms with Gasteiger partial charge in [-0.3, -0.25) is 0 Å². The van der Waals surface area contributed by atoms with Crippen LogP contribution in [-0.4, -0.2) is 37.2 Å². The third-order valence-electron chi connectivity index (χ3n) is 3.99. The summed E-state index contributed by atoms with van der Waals surface area (Å²) in [5.74, 6) is 0.939. The molecule has 5 nitrogen and oxygen atoms in total. The van der Waals surface area contributed by atoms with E-state index in [0.717, 1.165) is 16.7 Å². The molecular weight excluding hydrogens is 290 g/mol. The highest BCUT2D eigenvalue weighted by Gasteiger charge is 2.34. The van der Waals surface area contributed by atoms with Crippen molar-refractivity contribution in [3.8, 4) is 0 Å². The lowest BCUT2D eigenvalue weighted by Crippen LogP contribution is -2.46. The number of aliphatic hydroxyl groups is 1. The highest BCUT2D eigenvalue weighted by molar-refractivity contribution is 7.91. The number of hydrogen-bond donors (Lipinski definition) is 2. The Bertz CT molecular complexity index is 688. The number of para-hydroxylation sites is 1. The molecule has 0 aliphatic carbocycles. The second kappa shape index (κ2) is 5.44. The summed E-state index contributed by atoms with van der Waals surface area (Å²) in [4.78, 5) is 0. The van der Waals surface area contributed by atoms with E-state index in [4.69, 9.17) is 4.42 Å². The van der Waals surface area contributed by atoms with Crippen LogP contribution >= 0.6 is 0 Å². The molecule has 1 aromatic carbocycles. The molecule has 2 aromatic rings. The van der Waals surface area contributed by atoms with Crippen LogP contribution in [0.15, 0.2) is 34.7 Å². The monoisotopic (exact) mass is 309 g/mol. The fourth-order valence-electron chi connectivity index (χ4n) is 2.64. The van der Waals surface area contributed by atoms with Crippen molar-refractivity contribution < 1.29 is 17.9 Å². The van der Waals surface area contributed by atoms with Gasteiger partial charge in [0.2, 0.25) is 0 Å². The Labute approximate surface area is 123 Å². The van der Waals surface area contributed by atoms with E-state index >= 15 is 0 Å². The molecule has 1 aliphatic rings. The quantitative estimate of drug-likeness (QED) is 0.894. The lowest BCUT2D eigenvalue weighted by atomic mass is 9.97. The minimum absolute atomic E-state index is 0.0653. The number of rotatable bonds is 4. The molecule has 1 aromatic heterocycles. The van der Waals surface area contributed by atoms with Crippen molar-refractivity contribution in [1.29, 1.82) is 0 Å². The normalized spacial score (nSPS) is 20.6. The second-order valence-electron chi connectivity index (χ2n) is 5.73. The van der Waals surface area contributed by atoms with Gasteiger partial charge in [0.15, 0.2) is 9.84 Å². The molecule has 0 amide bonds. The average Bonchev–Trinajstić information content (AvgIpc) is 2.85. The highest BCUT2D eigenvalue weighted by atomic mass is 32.2. The zero-order chi connectivity index (χ0) is 14.9. The van der Waals surface area contributed by atoms with Crippen LogP contribution in [0.1, 0.15) is 18.6 Å². The van der Waals surface area contributed by atoms with Gasteiger partial charge in [-0.2, -0.15) is 0 Å². The third kappa shape index (κ3) is 3.45. The molecule has 0 spiro atoms. The first-order chi connectivity index (χ1) is 9.96. The Morgan fingerprint density at radius 2 is 1.95 bits per heavy atom. The fraction of sp³-hybridized carbons (Fsp3) is 0.467. The van der Waals surface area contributed by atoms with E-state index in [-0.39, 0.29) is 11.5 Å². The summed E-state index contributed by atoms with van der Waals surface area (Å²) in [5, 5.41) is 14.6. The zero-order valence-corrected chi connectivity index (χ0v) is 12.5. The van der Waals surface area contributed by atoms with E-state index < -0.39 is 15.4 Å². The maximum absolute atomic E-state index is 11.4. The van der Waals surface area contributed by atoms with Crippen LogP contribution in [0.4, 0.5) is 0 Å². The first-order valence-electron chi connectivity index (χ1n) is 7.07. The number of furan rings is 1. The smallest absolute Gasteiger partial charge is 0.150 e. The summed E-state index contributed by atoms with van der Waals surface area (Å²) in [6, 6.07) is 9.76. The highest BCUT2D eigenvalue weighted by Crippen LogP contribution is 2.23. The van der Waals surface area contributed by atoms with E-state index in [0.29, 0.717) is 25.9 Å². The van der Waals surface area contributed by atoms with E-state index in [1.165, 1.54) is 0 Å². The number of hydrogen-bond acceptors (Lipinski definition) is 5. The van der Waals surface area contributed by atoms with Crippen LogP contribution in [0.25, 0.3) is 11.0 Å². The Kier molecular flexibility index (Phi) is 3.77. The van der Waals surface area contributed by atoms with Gasteiger partial charge in [-0.15, -0.1) is 0 Å². The van der Waals surface area contributed by atoms with Crippen LogP contribution in [0.5, 0.6) is 0 Å². The lowest BCUT2D eigenvalue weighted by Gasteiger charge is -2.31. The number of nitrogens with one attached hydrogen (secondary N) is 1. The molecule has 0 unspecified atom stereocenters. The van der Waals surface area contributed by atoms with Crippen molar-refractivity contribution >= 4 is 20.8 Å². The van der Waals surface area contributed by atoms with Gasteiger partial charge in [-0.1, -0.05) is 18.2 Å². The number of benzene rings is 1. The van der Waals surface area contributed by atoms with Gasteiger partial charge >= 0.3 is 0 Å². The van der Waals surface area contributed by atoms with Gasteiger partial charge in [0.25, 0.3) is 0 Å². The summed E-state index contributed by atoms with van der Waals surface area (Å²) in [6.45, 7) is 0.892. The molecule has 1 saturated heterocycles. The molecule has 0 saturated carbocycles. The molecule has 21 heavy (non-hydrogen) atoms. The topological polar surface area (TPSA) is 79.5 Å². The first-order valence-corrected chi connectivity index (χ1v) is 8.89. The second-order valence-corrected chi connectivity index (χ2v) is 8.03. The summed E-state index contributed by atoms with van der Waals surface area (Å²) < 4.78 is 28.5. The lowest BCUT2D eigenvalue weighted by molar-refractivity contribution is 0.0300. The van der Waals surface area contributed by atoms with Crippen LogP contribution in [0.3, 0.4) is 0 Å². The van der Waals surface area contributed by atoms with Gasteiger partial charge < -0.3 is 14.8 Å². The largest absolute Gasteiger partial charge is 0.460 e. The Balaban J connectivity index is 1.56. The summed E-state index contributed by atoms with van der Waals surface area (Å²) >= 11 is 0. The standard InChI is InChI=1S/C15H19NO4S/c17-15(5-7-21(18,19)8-6-15)11-16-10-13-9-12-3-1-2-4-14(12)20-13/h1-4,9,16-17H,5-8,10-11H2. The van der Waals surface area contributed by atoms with Crippen molar-refractivity contribution in [2.45, 2.75) is 25.0 Å². The molecule has 1 aliphatic heterocycles. The SMILES string of the molecule is O=S1(=O)CCC(O)(CNCc2cc3ccccc3o2)CC1. The van der Waals surface area contributed by atoms with E-state index in [2.05, 4.69) is 5.32 Å². The van der Waals surface area contributed by atoms with Gasteiger partial charge in [0.05, 0.1) is 23.7 Å². The molecule has 3 rings (SSSR count). The van der Waals surface area contributed by atoms with E-state index in [1.54, 1.807) is 0 Å². The van der Waals surface area contributed by atoms with Crippen LogP contribution in [0, 0.1) is 0 Å². The van der Waals surface area contributed by atoms with Crippen LogP contribution < -0.4 is 5.32 Å². The molecule has 2 heterocycles. The minimum Gasteiger partial charge on any atom is -0.460 e. The maximum Gasteiger partial charge on any atom is 0.150 e. The van der Waals surface area contributed by atoms with Crippen molar-refractivity contribution in [2.24, 2.45) is 0 Å².